The predicted octanol–water partition coefficient (Wildman–Crippen LogP) is 5.43. The zero-order chi connectivity index (χ0) is 28.3. The Morgan fingerprint density at radius 2 is 1.55 bits per heavy atom. The molecule has 8 nitrogen and oxygen atoms in total. The minimum atomic E-state index is -4.04. The summed E-state index contributed by atoms with van der Waals surface area (Å²) in [5.41, 5.74) is 1.80. The van der Waals surface area contributed by atoms with E-state index in [-0.39, 0.29) is 40.4 Å². The number of anilines is 2. The molecule has 2 N–H and O–H groups in total. The number of fused-ring (bicyclic) bond motifs is 1. The van der Waals surface area contributed by atoms with Crippen LogP contribution in [0.25, 0.3) is 0 Å². The Labute approximate surface area is 237 Å². The zero-order valence-corrected chi connectivity index (χ0v) is 23.0. The first-order valence-corrected chi connectivity index (χ1v) is 14.4. The van der Waals surface area contributed by atoms with Gasteiger partial charge in [-0.1, -0.05) is 66.2 Å². The van der Waals surface area contributed by atoms with Crippen molar-refractivity contribution in [3.63, 3.8) is 0 Å². The van der Waals surface area contributed by atoms with E-state index >= 15 is 0 Å². The number of halogens is 1. The van der Waals surface area contributed by atoms with Crippen LogP contribution in [0.1, 0.15) is 28.9 Å². The highest BCUT2D eigenvalue weighted by Crippen LogP contribution is 2.37. The highest BCUT2D eigenvalue weighted by Gasteiger charge is 2.37. The van der Waals surface area contributed by atoms with Crippen molar-refractivity contribution in [2.45, 2.75) is 24.0 Å². The topological polar surface area (TPSA) is 105 Å². The van der Waals surface area contributed by atoms with Gasteiger partial charge in [0.05, 0.1) is 34.4 Å². The van der Waals surface area contributed by atoms with Crippen LogP contribution >= 0.6 is 11.6 Å². The summed E-state index contributed by atoms with van der Waals surface area (Å²) in [6.45, 7) is 1.60. The average molecular weight is 576 g/mol. The molecule has 2 atom stereocenters. The summed E-state index contributed by atoms with van der Waals surface area (Å²) in [4.78, 5) is 26.6. The van der Waals surface area contributed by atoms with Gasteiger partial charge in [-0.3, -0.25) is 13.9 Å². The van der Waals surface area contributed by atoms with E-state index in [1.807, 2.05) is 37.3 Å². The Balaban J connectivity index is 1.38. The van der Waals surface area contributed by atoms with Crippen LogP contribution in [0.15, 0.2) is 108 Å². The van der Waals surface area contributed by atoms with Crippen molar-refractivity contribution in [1.82, 2.24) is 5.32 Å². The Bertz CT molecular complexity index is 1650. The zero-order valence-electron chi connectivity index (χ0n) is 21.5. The van der Waals surface area contributed by atoms with Crippen LogP contribution in [-0.4, -0.2) is 32.9 Å². The molecule has 0 saturated carbocycles. The van der Waals surface area contributed by atoms with E-state index in [2.05, 4.69) is 10.6 Å². The number of carbonyl (C=O) groups is 2. The second-order valence-corrected chi connectivity index (χ2v) is 11.5. The van der Waals surface area contributed by atoms with E-state index in [1.54, 1.807) is 48.5 Å². The van der Waals surface area contributed by atoms with E-state index in [0.717, 1.165) is 9.87 Å². The van der Waals surface area contributed by atoms with Crippen molar-refractivity contribution < 1.29 is 22.7 Å². The molecule has 0 unspecified atom stereocenters. The molecule has 0 radical (unpaired) electrons. The third-order valence-corrected chi connectivity index (χ3v) is 8.55. The van der Waals surface area contributed by atoms with Crippen molar-refractivity contribution in [2.75, 3.05) is 16.2 Å². The van der Waals surface area contributed by atoms with Crippen LogP contribution in [0.5, 0.6) is 5.75 Å². The van der Waals surface area contributed by atoms with Gasteiger partial charge in [-0.25, -0.2) is 8.42 Å². The van der Waals surface area contributed by atoms with Gasteiger partial charge in [-0.2, -0.15) is 0 Å². The maximum absolute atomic E-state index is 13.6. The number of nitrogens with zero attached hydrogens (tertiary/aromatic N) is 1. The van der Waals surface area contributed by atoms with Gasteiger partial charge in [-0.15, -0.1) is 0 Å². The summed E-state index contributed by atoms with van der Waals surface area (Å²) in [6, 6.07) is 28.3. The summed E-state index contributed by atoms with van der Waals surface area (Å²) in [5, 5.41) is 6.11. The molecule has 204 valence electrons. The van der Waals surface area contributed by atoms with Crippen molar-refractivity contribution in [3.8, 4) is 5.75 Å². The van der Waals surface area contributed by atoms with Gasteiger partial charge in [0.1, 0.15) is 5.75 Å². The normalized spacial score (nSPS) is 15.3. The van der Waals surface area contributed by atoms with Gasteiger partial charge in [0, 0.05) is 5.02 Å². The summed E-state index contributed by atoms with van der Waals surface area (Å²) in [7, 11) is -4.04. The number of para-hydroxylation sites is 3. The lowest BCUT2D eigenvalue weighted by atomic mass is 10.1. The maximum atomic E-state index is 13.6. The highest BCUT2D eigenvalue weighted by molar-refractivity contribution is 7.92. The third kappa shape index (κ3) is 5.66. The van der Waals surface area contributed by atoms with Gasteiger partial charge in [0.25, 0.3) is 21.8 Å². The molecule has 4 aromatic rings. The summed E-state index contributed by atoms with van der Waals surface area (Å²) < 4.78 is 34.3. The van der Waals surface area contributed by atoms with Crippen molar-refractivity contribution in [3.05, 3.63) is 119 Å². The first-order valence-electron chi connectivity index (χ1n) is 12.5. The fourth-order valence-corrected chi connectivity index (χ4v) is 6.00. The Kier molecular flexibility index (Phi) is 7.77. The molecule has 10 heteroatoms. The van der Waals surface area contributed by atoms with Crippen LogP contribution in [0, 0.1) is 0 Å². The monoisotopic (exact) mass is 575 g/mol. The van der Waals surface area contributed by atoms with Gasteiger partial charge >= 0.3 is 0 Å². The number of nitrogens with one attached hydrogen (secondary N) is 2. The number of ether oxygens (including phenoxy) is 1. The average Bonchev–Trinajstić information content (AvgIpc) is 2.97. The lowest BCUT2D eigenvalue weighted by Gasteiger charge is -2.34. The molecular formula is C30H26ClN3O5S. The molecule has 2 amide bonds. The molecule has 1 aliphatic heterocycles. The number of amides is 2. The van der Waals surface area contributed by atoms with Crippen LogP contribution in [0.4, 0.5) is 11.4 Å². The molecule has 1 heterocycles. The van der Waals surface area contributed by atoms with E-state index in [9.17, 15) is 18.0 Å². The quantitative estimate of drug-likeness (QED) is 0.306. The van der Waals surface area contributed by atoms with Gasteiger partial charge in [-0.05, 0) is 61.0 Å². The number of hydrogen-bond donors (Lipinski definition) is 2. The smallest absolute Gasteiger partial charge is 0.267 e. The Morgan fingerprint density at radius 3 is 2.30 bits per heavy atom. The second kappa shape index (κ2) is 11.4. The molecule has 5 rings (SSSR count). The van der Waals surface area contributed by atoms with E-state index in [4.69, 9.17) is 16.3 Å². The Morgan fingerprint density at radius 1 is 0.900 bits per heavy atom. The summed E-state index contributed by atoms with van der Waals surface area (Å²) in [6.07, 6.45) is -1.18. The molecule has 0 fully saturated rings. The SMILES string of the molecule is C[C@@H](NC(=O)c1ccccc1NC(=O)[C@H]1CN(S(=O)(=O)c2ccc(Cl)cc2)c2ccccc2O1)c1ccccc1. The number of hydrogen-bond acceptors (Lipinski definition) is 5. The third-order valence-electron chi connectivity index (χ3n) is 6.51. The second-order valence-electron chi connectivity index (χ2n) is 9.20. The van der Waals surface area contributed by atoms with Gasteiger partial charge in [0.2, 0.25) is 0 Å². The van der Waals surface area contributed by atoms with Crippen molar-refractivity contribution in [2.24, 2.45) is 0 Å². The maximum Gasteiger partial charge on any atom is 0.267 e. The van der Waals surface area contributed by atoms with Crippen LogP contribution in [-0.2, 0) is 14.8 Å². The summed E-state index contributed by atoms with van der Waals surface area (Å²) in [5.74, 6) is -0.717. The molecule has 4 aromatic carbocycles. The van der Waals surface area contributed by atoms with Gasteiger partial charge < -0.3 is 15.4 Å². The number of carbonyl (C=O) groups excluding carboxylic acids is 2. The van der Waals surface area contributed by atoms with E-state index < -0.39 is 22.0 Å². The molecule has 0 aliphatic carbocycles. The molecular weight excluding hydrogens is 550 g/mol. The van der Waals surface area contributed by atoms with Crippen LogP contribution in [0.2, 0.25) is 5.02 Å². The summed E-state index contributed by atoms with van der Waals surface area (Å²) >= 11 is 5.95. The number of benzene rings is 4. The molecule has 0 saturated heterocycles. The fraction of sp³-hybridized carbons (Fsp3) is 0.133. The van der Waals surface area contributed by atoms with Crippen LogP contribution in [0.3, 0.4) is 0 Å². The van der Waals surface area contributed by atoms with E-state index in [0.29, 0.717) is 10.7 Å². The molecule has 0 bridgehead atoms. The van der Waals surface area contributed by atoms with Gasteiger partial charge in [0.15, 0.2) is 6.10 Å². The number of rotatable bonds is 7. The predicted molar refractivity (Wildman–Crippen MR) is 154 cm³/mol. The fourth-order valence-electron chi connectivity index (χ4n) is 4.40. The largest absolute Gasteiger partial charge is 0.476 e. The first-order chi connectivity index (χ1) is 19.2. The standard InChI is InChI=1S/C30H26ClN3O5S/c1-20(21-9-3-2-4-10-21)32-29(35)24-11-5-6-12-25(24)33-30(36)28-19-34(26-13-7-8-14-27(26)39-28)40(37,38)23-17-15-22(31)16-18-23/h2-18,20,28H,19H2,1H3,(H,32,35)(H,33,36)/t20-,28-/m1/s1. The molecule has 0 aromatic heterocycles. The minimum absolute atomic E-state index is 0.0299. The van der Waals surface area contributed by atoms with Crippen molar-refractivity contribution in [1.29, 1.82) is 0 Å². The Hall–Kier alpha value is -4.34. The lowest BCUT2D eigenvalue weighted by molar-refractivity contribution is -0.122. The van der Waals surface area contributed by atoms with E-state index in [1.165, 1.54) is 24.3 Å². The first kappa shape index (κ1) is 27.2. The minimum Gasteiger partial charge on any atom is -0.476 e. The molecule has 1 aliphatic rings. The molecule has 40 heavy (non-hydrogen) atoms. The number of sulfonamides is 1. The van der Waals surface area contributed by atoms with Crippen molar-refractivity contribution >= 4 is 44.8 Å². The lowest BCUT2D eigenvalue weighted by Crippen LogP contribution is -2.49. The molecule has 0 spiro atoms. The highest BCUT2D eigenvalue weighted by atomic mass is 35.5. The van der Waals surface area contributed by atoms with Crippen LogP contribution < -0.4 is 19.7 Å².